The fraction of sp³-hybridized carbons (Fsp3) is 0.875. The minimum Gasteiger partial charge on any atom is -0.469 e. The molecule has 1 heterocycles. The van der Waals surface area contributed by atoms with Crippen molar-refractivity contribution in [1.82, 2.24) is 0 Å². The molecule has 0 amide bonds. The summed E-state index contributed by atoms with van der Waals surface area (Å²) < 4.78 is 9.97. The lowest BCUT2D eigenvalue weighted by atomic mass is 9.96. The molecule has 5 heteroatoms. The Morgan fingerprint density at radius 1 is 1.69 bits per heavy atom. The first-order chi connectivity index (χ1) is 5.77. The molecule has 2 atom stereocenters. The van der Waals surface area contributed by atoms with Crippen molar-refractivity contribution in [3.05, 3.63) is 0 Å². The molecule has 0 aromatic carbocycles. The molecule has 1 fully saturated rings. The number of hydrogen-bond donors (Lipinski definition) is 1. The summed E-state index contributed by atoms with van der Waals surface area (Å²) in [5, 5.41) is 0. The second-order valence-electron chi connectivity index (χ2n) is 2.97. The first-order valence-corrected chi connectivity index (χ1v) is 4.17. The topological polar surface area (TPSA) is 61.5 Å². The van der Waals surface area contributed by atoms with Crippen LogP contribution < -0.4 is 5.73 Å². The zero-order valence-electron chi connectivity index (χ0n) is 7.69. The molecule has 13 heavy (non-hydrogen) atoms. The number of carbonyl (C=O) groups is 1. The number of carbonyl (C=O) groups excluding carboxylic acids is 1. The maximum Gasteiger partial charge on any atom is 0.308 e. The smallest absolute Gasteiger partial charge is 0.308 e. The summed E-state index contributed by atoms with van der Waals surface area (Å²) in [5.74, 6) is -0.158. The molecule has 1 aliphatic rings. The van der Waals surface area contributed by atoms with Crippen LogP contribution in [-0.4, -0.2) is 32.3 Å². The first kappa shape index (κ1) is 12.7. The lowest BCUT2D eigenvalue weighted by Crippen LogP contribution is -2.35. The van der Waals surface area contributed by atoms with Gasteiger partial charge in [0.25, 0.3) is 0 Å². The number of halogens is 1. The SMILES string of the molecule is COC(=O)[C@@H]1CCO[C@H](CN)C1.Cl. The van der Waals surface area contributed by atoms with Gasteiger partial charge < -0.3 is 15.2 Å². The van der Waals surface area contributed by atoms with Crippen molar-refractivity contribution in [1.29, 1.82) is 0 Å². The van der Waals surface area contributed by atoms with Gasteiger partial charge in [0.05, 0.1) is 19.1 Å². The van der Waals surface area contributed by atoms with E-state index in [9.17, 15) is 4.79 Å². The lowest BCUT2D eigenvalue weighted by Gasteiger charge is -2.26. The van der Waals surface area contributed by atoms with Crippen molar-refractivity contribution in [2.45, 2.75) is 18.9 Å². The largest absolute Gasteiger partial charge is 0.469 e. The van der Waals surface area contributed by atoms with Crippen LogP contribution in [0.15, 0.2) is 0 Å². The van der Waals surface area contributed by atoms with E-state index in [0.29, 0.717) is 19.6 Å². The maximum absolute atomic E-state index is 11.1. The quantitative estimate of drug-likeness (QED) is 0.667. The molecule has 0 aromatic heterocycles. The second-order valence-corrected chi connectivity index (χ2v) is 2.97. The second kappa shape index (κ2) is 6.18. The Bertz CT molecular complexity index is 165. The van der Waals surface area contributed by atoms with E-state index in [4.69, 9.17) is 10.5 Å². The molecule has 4 nitrogen and oxygen atoms in total. The van der Waals surface area contributed by atoms with E-state index in [-0.39, 0.29) is 30.4 Å². The zero-order chi connectivity index (χ0) is 8.97. The van der Waals surface area contributed by atoms with Gasteiger partial charge in [-0.25, -0.2) is 0 Å². The van der Waals surface area contributed by atoms with Crippen LogP contribution in [0.1, 0.15) is 12.8 Å². The Morgan fingerprint density at radius 2 is 2.38 bits per heavy atom. The minimum absolute atomic E-state index is 0. The van der Waals surface area contributed by atoms with Crippen LogP contribution >= 0.6 is 12.4 Å². The van der Waals surface area contributed by atoms with Crippen LogP contribution in [0, 0.1) is 5.92 Å². The molecule has 0 unspecified atom stereocenters. The Hall–Kier alpha value is -0.320. The van der Waals surface area contributed by atoms with Gasteiger partial charge in [-0.15, -0.1) is 12.4 Å². The fourth-order valence-electron chi connectivity index (χ4n) is 1.43. The van der Waals surface area contributed by atoms with Crippen molar-refractivity contribution in [3.8, 4) is 0 Å². The summed E-state index contributed by atoms with van der Waals surface area (Å²) in [7, 11) is 1.41. The Balaban J connectivity index is 0.00000144. The zero-order valence-corrected chi connectivity index (χ0v) is 8.51. The van der Waals surface area contributed by atoms with E-state index in [0.717, 1.165) is 6.42 Å². The fourth-order valence-corrected chi connectivity index (χ4v) is 1.43. The van der Waals surface area contributed by atoms with E-state index < -0.39 is 0 Å². The normalized spacial score (nSPS) is 27.5. The molecule has 0 aromatic rings. The predicted octanol–water partition coefficient (Wildman–Crippen LogP) is 0.335. The molecule has 78 valence electrons. The van der Waals surface area contributed by atoms with Crippen molar-refractivity contribution >= 4 is 18.4 Å². The van der Waals surface area contributed by atoms with Gasteiger partial charge in [0.1, 0.15) is 0 Å². The molecule has 0 radical (unpaired) electrons. The standard InChI is InChI=1S/C8H15NO3.ClH/c1-11-8(10)6-2-3-12-7(4-6)5-9;/h6-7H,2-5,9H2,1H3;1H/t6-,7+;/m1./s1. The third-order valence-electron chi connectivity index (χ3n) is 2.16. The van der Waals surface area contributed by atoms with Gasteiger partial charge in [-0.2, -0.15) is 0 Å². The van der Waals surface area contributed by atoms with Crippen molar-refractivity contribution in [2.75, 3.05) is 20.3 Å². The Kier molecular flexibility index (Phi) is 6.03. The molecule has 0 saturated carbocycles. The number of ether oxygens (including phenoxy) is 2. The summed E-state index contributed by atoms with van der Waals surface area (Å²) in [6.07, 6.45) is 1.48. The van der Waals surface area contributed by atoms with Gasteiger partial charge in [-0.1, -0.05) is 0 Å². The highest BCUT2D eigenvalue weighted by molar-refractivity contribution is 5.85. The molecular formula is C8H16ClNO3. The average Bonchev–Trinajstić information content (AvgIpc) is 2.17. The van der Waals surface area contributed by atoms with E-state index >= 15 is 0 Å². The summed E-state index contributed by atoms with van der Waals surface area (Å²) in [4.78, 5) is 11.1. The van der Waals surface area contributed by atoms with Crippen molar-refractivity contribution in [3.63, 3.8) is 0 Å². The van der Waals surface area contributed by atoms with E-state index in [1.165, 1.54) is 7.11 Å². The maximum atomic E-state index is 11.1. The Morgan fingerprint density at radius 3 is 2.92 bits per heavy atom. The first-order valence-electron chi connectivity index (χ1n) is 4.17. The number of rotatable bonds is 2. The molecule has 1 rings (SSSR count). The monoisotopic (exact) mass is 209 g/mol. The summed E-state index contributed by atoms with van der Waals surface area (Å²) in [6, 6.07) is 0. The molecule has 0 bridgehead atoms. The van der Waals surface area contributed by atoms with Crippen LogP contribution in [0.25, 0.3) is 0 Å². The molecule has 0 spiro atoms. The molecule has 0 aliphatic carbocycles. The highest BCUT2D eigenvalue weighted by Gasteiger charge is 2.27. The van der Waals surface area contributed by atoms with Crippen LogP contribution in [0.4, 0.5) is 0 Å². The van der Waals surface area contributed by atoms with Gasteiger partial charge in [0, 0.05) is 13.2 Å². The Labute approximate surface area is 84.2 Å². The third kappa shape index (κ3) is 3.50. The van der Waals surface area contributed by atoms with Gasteiger partial charge in [0.2, 0.25) is 0 Å². The molecule has 1 saturated heterocycles. The number of hydrogen-bond acceptors (Lipinski definition) is 4. The van der Waals surface area contributed by atoms with Crippen LogP contribution in [0.5, 0.6) is 0 Å². The number of esters is 1. The van der Waals surface area contributed by atoms with E-state index in [2.05, 4.69) is 4.74 Å². The lowest BCUT2D eigenvalue weighted by molar-refractivity contribution is -0.150. The minimum atomic E-state index is -0.142. The van der Waals surface area contributed by atoms with Gasteiger partial charge >= 0.3 is 5.97 Å². The van der Waals surface area contributed by atoms with Gasteiger partial charge in [0.15, 0.2) is 0 Å². The molecule has 2 N–H and O–H groups in total. The van der Waals surface area contributed by atoms with Gasteiger partial charge in [-0.05, 0) is 12.8 Å². The molecular weight excluding hydrogens is 194 g/mol. The highest BCUT2D eigenvalue weighted by Crippen LogP contribution is 2.20. The number of methoxy groups -OCH3 is 1. The summed E-state index contributed by atoms with van der Waals surface area (Å²) in [6.45, 7) is 1.09. The van der Waals surface area contributed by atoms with E-state index in [1.807, 2.05) is 0 Å². The summed E-state index contributed by atoms with van der Waals surface area (Å²) >= 11 is 0. The van der Waals surface area contributed by atoms with E-state index in [1.54, 1.807) is 0 Å². The third-order valence-corrected chi connectivity index (χ3v) is 2.16. The van der Waals surface area contributed by atoms with Crippen molar-refractivity contribution in [2.24, 2.45) is 11.7 Å². The van der Waals surface area contributed by atoms with Gasteiger partial charge in [-0.3, -0.25) is 4.79 Å². The van der Waals surface area contributed by atoms with Crippen molar-refractivity contribution < 1.29 is 14.3 Å². The highest BCUT2D eigenvalue weighted by atomic mass is 35.5. The van der Waals surface area contributed by atoms with Crippen LogP contribution in [-0.2, 0) is 14.3 Å². The average molecular weight is 210 g/mol. The number of nitrogens with two attached hydrogens (primary N) is 1. The molecule has 1 aliphatic heterocycles. The van der Waals surface area contributed by atoms with Crippen LogP contribution in [0.2, 0.25) is 0 Å². The van der Waals surface area contributed by atoms with Crippen LogP contribution in [0.3, 0.4) is 0 Å². The predicted molar refractivity (Wildman–Crippen MR) is 50.8 cm³/mol. The summed E-state index contributed by atoms with van der Waals surface area (Å²) in [5.41, 5.74) is 5.43.